The Morgan fingerprint density at radius 2 is 2.04 bits per heavy atom. The Morgan fingerprint density at radius 3 is 2.69 bits per heavy atom. The van der Waals surface area contributed by atoms with E-state index in [1.165, 1.54) is 16.4 Å². The number of nitrogens with zero attached hydrogens (tertiary/aromatic N) is 1. The molecule has 140 valence electrons. The number of carbonyl (C=O) groups is 1. The fourth-order valence-electron chi connectivity index (χ4n) is 3.07. The molecule has 1 saturated heterocycles. The van der Waals surface area contributed by atoms with E-state index in [0.717, 1.165) is 4.88 Å². The molecule has 3 rings (SSSR count). The van der Waals surface area contributed by atoms with Crippen molar-refractivity contribution in [2.45, 2.75) is 30.7 Å². The van der Waals surface area contributed by atoms with Crippen molar-refractivity contribution in [1.82, 2.24) is 9.62 Å². The first-order chi connectivity index (χ1) is 12.4. The maximum Gasteiger partial charge on any atom is 0.243 e. The second kappa shape index (κ2) is 8.08. The van der Waals surface area contributed by atoms with E-state index < -0.39 is 10.0 Å². The van der Waals surface area contributed by atoms with Crippen LogP contribution in [0.25, 0.3) is 0 Å². The molecule has 2 aromatic rings. The summed E-state index contributed by atoms with van der Waals surface area (Å²) < 4.78 is 27.1. The number of thiophene rings is 1. The van der Waals surface area contributed by atoms with E-state index in [1.807, 2.05) is 24.4 Å². The Hall–Kier alpha value is -1.41. The van der Waals surface area contributed by atoms with Crippen molar-refractivity contribution in [2.75, 3.05) is 13.1 Å². The highest BCUT2D eigenvalue weighted by molar-refractivity contribution is 7.89. The van der Waals surface area contributed by atoms with Gasteiger partial charge in [0.05, 0.1) is 16.9 Å². The standard InChI is InChI=1S/C18H21ClN2O3S2/c1-13(17-5-3-11-25-17)20-18(22)14-4-2-10-21(12-14)26(23,24)16-8-6-15(19)7-9-16/h3,5-9,11,13-14H,2,4,10,12H2,1H3,(H,20,22). The van der Waals surface area contributed by atoms with Crippen LogP contribution in [0.5, 0.6) is 0 Å². The zero-order valence-corrected chi connectivity index (χ0v) is 16.8. The van der Waals surface area contributed by atoms with Gasteiger partial charge in [0.15, 0.2) is 0 Å². The molecule has 2 unspecified atom stereocenters. The third-order valence-electron chi connectivity index (χ3n) is 4.54. The van der Waals surface area contributed by atoms with Gasteiger partial charge in [-0.15, -0.1) is 11.3 Å². The molecule has 1 amide bonds. The lowest BCUT2D eigenvalue weighted by Crippen LogP contribution is -2.45. The topological polar surface area (TPSA) is 66.5 Å². The Kier molecular flexibility index (Phi) is 6.02. The molecule has 1 aliphatic heterocycles. The molecule has 2 heterocycles. The molecule has 2 atom stereocenters. The van der Waals surface area contributed by atoms with Crippen LogP contribution in [0.2, 0.25) is 5.02 Å². The molecule has 8 heteroatoms. The normalized spacial score (nSPS) is 19.8. The molecule has 1 aromatic heterocycles. The summed E-state index contributed by atoms with van der Waals surface area (Å²) in [6.07, 6.45) is 1.36. The molecule has 0 radical (unpaired) electrons. The van der Waals surface area contributed by atoms with E-state index in [-0.39, 0.29) is 29.3 Å². The molecule has 1 N–H and O–H groups in total. The number of nitrogens with one attached hydrogen (secondary N) is 1. The zero-order valence-electron chi connectivity index (χ0n) is 14.4. The number of sulfonamides is 1. The number of halogens is 1. The van der Waals surface area contributed by atoms with Crippen molar-refractivity contribution >= 4 is 38.9 Å². The summed E-state index contributed by atoms with van der Waals surface area (Å²) in [5.41, 5.74) is 0. The van der Waals surface area contributed by atoms with Crippen LogP contribution in [0, 0.1) is 5.92 Å². The Labute approximate surface area is 163 Å². The van der Waals surface area contributed by atoms with Crippen molar-refractivity contribution in [2.24, 2.45) is 5.92 Å². The molecule has 0 saturated carbocycles. The molecule has 0 aliphatic carbocycles. The number of rotatable bonds is 5. The van der Waals surface area contributed by atoms with Crippen molar-refractivity contribution in [1.29, 1.82) is 0 Å². The monoisotopic (exact) mass is 412 g/mol. The minimum Gasteiger partial charge on any atom is -0.348 e. The average Bonchev–Trinajstić information content (AvgIpc) is 3.17. The SMILES string of the molecule is CC(NC(=O)C1CCCN(S(=O)(=O)c2ccc(Cl)cc2)C1)c1cccs1. The second-order valence-corrected chi connectivity index (χ2v) is 9.76. The van der Waals surface area contributed by atoms with E-state index in [4.69, 9.17) is 11.6 Å². The van der Waals surface area contributed by atoms with Crippen LogP contribution in [-0.2, 0) is 14.8 Å². The molecule has 0 spiro atoms. The molecule has 5 nitrogen and oxygen atoms in total. The van der Waals surface area contributed by atoms with Gasteiger partial charge in [-0.05, 0) is 55.5 Å². The van der Waals surface area contributed by atoms with Gasteiger partial charge < -0.3 is 5.32 Å². The fraction of sp³-hybridized carbons (Fsp3) is 0.389. The van der Waals surface area contributed by atoms with Gasteiger partial charge in [0.25, 0.3) is 0 Å². The van der Waals surface area contributed by atoms with Crippen LogP contribution in [0.1, 0.15) is 30.7 Å². The summed E-state index contributed by atoms with van der Waals surface area (Å²) in [5, 5.41) is 5.46. The van der Waals surface area contributed by atoms with E-state index in [0.29, 0.717) is 24.4 Å². The quantitative estimate of drug-likeness (QED) is 0.814. The third-order valence-corrected chi connectivity index (χ3v) is 7.72. The number of hydrogen-bond donors (Lipinski definition) is 1. The van der Waals surface area contributed by atoms with Crippen LogP contribution in [-0.4, -0.2) is 31.7 Å². The van der Waals surface area contributed by atoms with Crippen molar-refractivity contribution in [3.63, 3.8) is 0 Å². The maximum absolute atomic E-state index is 12.8. The Morgan fingerprint density at radius 1 is 1.31 bits per heavy atom. The first-order valence-electron chi connectivity index (χ1n) is 8.47. The highest BCUT2D eigenvalue weighted by Gasteiger charge is 2.33. The minimum absolute atomic E-state index is 0.0780. The fourth-order valence-corrected chi connectivity index (χ4v) is 5.45. The number of amides is 1. The number of carbonyl (C=O) groups excluding carboxylic acids is 1. The number of benzene rings is 1. The average molecular weight is 413 g/mol. The number of hydrogen-bond acceptors (Lipinski definition) is 4. The maximum atomic E-state index is 12.8. The molecule has 1 aliphatic rings. The van der Waals surface area contributed by atoms with E-state index in [9.17, 15) is 13.2 Å². The molecule has 1 aromatic carbocycles. The molecule has 26 heavy (non-hydrogen) atoms. The first-order valence-corrected chi connectivity index (χ1v) is 11.2. The predicted octanol–water partition coefficient (Wildman–Crippen LogP) is 3.68. The van der Waals surface area contributed by atoms with Crippen LogP contribution >= 0.6 is 22.9 Å². The lowest BCUT2D eigenvalue weighted by molar-refractivity contribution is -0.126. The first kappa shape index (κ1) is 19.4. The Balaban J connectivity index is 1.68. The van der Waals surface area contributed by atoms with Crippen molar-refractivity contribution < 1.29 is 13.2 Å². The predicted molar refractivity (Wildman–Crippen MR) is 104 cm³/mol. The largest absolute Gasteiger partial charge is 0.348 e. The molecule has 0 bridgehead atoms. The van der Waals surface area contributed by atoms with Crippen molar-refractivity contribution in [3.05, 3.63) is 51.7 Å². The van der Waals surface area contributed by atoms with Gasteiger partial charge in [0.1, 0.15) is 0 Å². The highest BCUT2D eigenvalue weighted by atomic mass is 35.5. The van der Waals surface area contributed by atoms with Crippen LogP contribution in [0.4, 0.5) is 0 Å². The van der Waals surface area contributed by atoms with Crippen LogP contribution in [0.15, 0.2) is 46.7 Å². The van der Waals surface area contributed by atoms with Gasteiger partial charge in [-0.2, -0.15) is 4.31 Å². The van der Waals surface area contributed by atoms with Gasteiger partial charge in [0, 0.05) is 23.0 Å². The number of piperidine rings is 1. The molecular formula is C18H21ClN2O3S2. The van der Waals surface area contributed by atoms with Gasteiger partial charge in [-0.25, -0.2) is 8.42 Å². The van der Waals surface area contributed by atoms with E-state index in [2.05, 4.69) is 5.32 Å². The minimum atomic E-state index is -3.62. The third kappa shape index (κ3) is 4.28. The Bertz CT molecular complexity index is 851. The second-order valence-electron chi connectivity index (χ2n) is 6.40. The lowest BCUT2D eigenvalue weighted by Gasteiger charge is -2.31. The van der Waals surface area contributed by atoms with Crippen molar-refractivity contribution in [3.8, 4) is 0 Å². The smallest absolute Gasteiger partial charge is 0.243 e. The summed E-state index contributed by atoms with van der Waals surface area (Å²) in [4.78, 5) is 13.9. The van der Waals surface area contributed by atoms with Crippen LogP contribution in [0.3, 0.4) is 0 Å². The van der Waals surface area contributed by atoms with Gasteiger partial charge in [-0.3, -0.25) is 4.79 Å². The molecule has 1 fully saturated rings. The van der Waals surface area contributed by atoms with Crippen LogP contribution < -0.4 is 5.32 Å². The highest BCUT2D eigenvalue weighted by Crippen LogP contribution is 2.26. The summed E-state index contributed by atoms with van der Waals surface area (Å²) in [6.45, 7) is 2.57. The van der Waals surface area contributed by atoms with E-state index in [1.54, 1.807) is 23.5 Å². The lowest BCUT2D eigenvalue weighted by atomic mass is 9.98. The summed E-state index contributed by atoms with van der Waals surface area (Å²) in [5.74, 6) is -0.435. The van der Waals surface area contributed by atoms with E-state index >= 15 is 0 Å². The van der Waals surface area contributed by atoms with Gasteiger partial charge in [0.2, 0.25) is 15.9 Å². The molecular weight excluding hydrogens is 392 g/mol. The summed E-state index contributed by atoms with van der Waals surface area (Å²) in [7, 11) is -3.62. The zero-order chi connectivity index (χ0) is 18.7. The summed E-state index contributed by atoms with van der Waals surface area (Å²) >= 11 is 7.43. The van der Waals surface area contributed by atoms with Gasteiger partial charge in [-0.1, -0.05) is 17.7 Å². The summed E-state index contributed by atoms with van der Waals surface area (Å²) in [6, 6.07) is 9.97. The van der Waals surface area contributed by atoms with Gasteiger partial charge >= 0.3 is 0 Å².